The van der Waals surface area contributed by atoms with E-state index in [0.717, 1.165) is 24.9 Å². The largest absolute Gasteiger partial charge is 0.396 e. The topological polar surface area (TPSA) is 32.3 Å². The summed E-state index contributed by atoms with van der Waals surface area (Å²) in [7, 11) is 0. The molecule has 1 aromatic rings. The first-order valence-corrected chi connectivity index (χ1v) is 6.23. The number of aliphatic hydroxyl groups is 1. The minimum absolute atomic E-state index is 0.0622. The molecule has 0 aromatic heterocycles. The molecule has 0 heterocycles. The van der Waals surface area contributed by atoms with Gasteiger partial charge in [0, 0.05) is 29.6 Å². The lowest BCUT2D eigenvalue weighted by atomic mass is 10.1. The Labute approximate surface area is 106 Å². The number of nitrogens with one attached hydrogen (secondary N) is 1. The standard InChI is InChI=1S/C13H17ClFNO/c1-9(16-7-13(8-17)4-5-13)11-3-2-10(15)6-12(11)14/h2-3,6,9,16-17H,4-5,7-8H2,1H3. The van der Waals surface area contributed by atoms with Crippen molar-refractivity contribution in [1.82, 2.24) is 5.32 Å². The average molecular weight is 258 g/mol. The minimum Gasteiger partial charge on any atom is -0.396 e. The van der Waals surface area contributed by atoms with Gasteiger partial charge >= 0.3 is 0 Å². The Kier molecular flexibility index (Phi) is 3.71. The lowest BCUT2D eigenvalue weighted by molar-refractivity contribution is 0.204. The maximum absolute atomic E-state index is 12.9. The fourth-order valence-corrected chi connectivity index (χ4v) is 2.23. The summed E-state index contributed by atoms with van der Waals surface area (Å²) < 4.78 is 12.9. The fraction of sp³-hybridized carbons (Fsp3) is 0.538. The van der Waals surface area contributed by atoms with E-state index in [1.165, 1.54) is 12.1 Å². The van der Waals surface area contributed by atoms with Crippen molar-refractivity contribution in [3.05, 3.63) is 34.6 Å². The Morgan fingerprint density at radius 2 is 2.24 bits per heavy atom. The molecule has 0 saturated heterocycles. The highest BCUT2D eigenvalue weighted by atomic mass is 35.5. The molecule has 1 aromatic carbocycles. The Morgan fingerprint density at radius 1 is 1.53 bits per heavy atom. The SMILES string of the molecule is CC(NCC1(CO)CC1)c1ccc(F)cc1Cl. The van der Waals surface area contributed by atoms with E-state index in [4.69, 9.17) is 11.6 Å². The van der Waals surface area contributed by atoms with Gasteiger partial charge in [0.25, 0.3) is 0 Å². The fourth-order valence-electron chi connectivity index (χ4n) is 1.90. The van der Waals surface area contributed by atoms with E-state index < -0.39 is 0 Å². The van der Waals surface area contributed by atoms with Gasteiger partial charge in [-0.15, -0.1) is 0 Å². The minimum atomic E-state index is -0.319. The molecule has 0 bridgehead atoms. The third-order valence-electron chi connectivity index (χ3n) is 3.50. The lowest BCUT2D eigenvalue weighted by Gasteiger charge is -2.19. The maximum atomic E-state index is 12.9. The van der Waals surface area contributed by atoms with E-state index in [-0.39, 0.29) is 23.9 Å². The smallest absolute Gasteiger partial charge is 0.124 e. The van der Waals surface area contributed by atoms with Crippen LogP contribution in [0.25, 0.3) is 0 Å². The molecule has 1 atom stereocenters. The molecule has 0 amide bonds. The second kappa shape index (κ2) is 4.92. The average Bonchev–Trinajstić information content (AvgIpc) is 3.07. The third kappa shape index (κ3) is 2.97. The van der Waals surface area contributed by atoms with E-state index in [2.05, 4.69) is 5.32 Å². The molecule has 0 aliphatic heterocycles. The molecule has 1 aliphatic rings. The highest BCUT2D eigenvalue weighted by Crippen LogP contribution is 2.44. The van der Waals surface area contributed by atoms with E-state index in [1.807, 2.05) is 6.92 Å². The number of hydrogen-bond acceptors (Lipinski definition) is 2. The summed E-state index contributed by atoms with van der Waals surface area (Å²) in [6.45, 7) is 2.99. The monoisotopic (exact) mass is 257 g/mol. The van der Waals surface area contributed by atoms with Gasteiger partial charge in [-0.25, -0.2) is 4.39 Å². The van der Waals surface area contributed by atoms with Crippen molar-refractivity contribution >= 4 is 11.6 Å². The molecule has 1 fully saturated rings. The van der Waals surface area contributed by atoms with Crippen LogP contribution in [0.4, 0.5) is 4.39 Å². The van der Waals surface area contributed by atoms with E-state index in [9.17, 15) is 9.50 Å². The molecule has 1 unspecified atom stereocenters. The number of benzene rings is 1. The summed E-state index contributed by atoms with van der Waals surface area (Å²) in [6, 6.07) is 4.51. The third-order valence-corrected chi connectivity index (χ3v) is 3.83. The molecule has 4 heteroatoms. The molecule has 17 heavy (non-hydrogen) atoms. The quantitative estimate of drug-likeness (QED) is 0.850. The van der Waals surface area contributed by atoms with Crippen LogP contribution in [-0.4, -0.2) is 18.3 Å². The van der Waals surface area contributed by atoms with Crippen LogP contribution < -0.4 is 5.32 Å². The second-order valence-corrected chi connectivity index (χ2v) is 5.33. The summed E-state index contributed by atoms with van der Waals surface area (Å²) >= 11 is 5.99. The van der Waals surface area contributed by atoms with Crippen LogP contribution >= 0.6 is 11.6 Å². The summed E-state index contributed by atoms with van der Waals surface area (Å²) in [5.41, 5.74) is 0.961. The van der Waals surface area contributed by atoms with Gasteiger partial charge < -0.3 is 10.4 Å². The molecule has 1 saturated carbocycles. The predicted octanol–water partition coefficient (Wildman–Crippen LogP) is 2.90. The van der Waals surface area contributed by atoms with Crippen molar-refractivity contribution in [1.29, 1.82) is 0 Å². The van der Waals surface area contributed by atoms with Gasteiger partial charge in [0.1, 0.15) is 5.82 Å². The Balaban J connectivity index is 1.97. The van der Waals surface area contributed by atoms with Gasteiger partial charge in [0.2, 0.25) is 0 Å². The zero-order chi connectivity index (χ0) is 12.5. The molecule has 2 rings (SSSR count). The van der Waals surface area contributed by atoms with Crippen molar-refractivity contribution in [2.45, 2.75) is 25.8 Å². The number of halogens is 2. The molecule has 1 aliphatic carbocycles. The van der Waals surface area contributed by atoms with Crippen LogP contribution in [0, 0.1) is 11.2 Å². The number of rotatable bonds is 5. The zero-order valence-electron chi connectivity index (χ0n) is 9.84. The maximum Gasteiger partial charge on any atom is 0.124 e. The van der Waals surface area contributed by atoms with Crippen LogP contribution in [0.15, 0.2) is 18.2 Å². The van der Waals surface area contributed by atoms with Crippen LogP contribution in [0.5, 0.6) is 0 Å². The van der Waals surface area contributed by atoms with E-state index in [1.54, 1.807) is 6.07 Å². The molecule has 94 valence electrons. The molecular formula is C13H17ClFNO. The van der Waals surface area contributed by atoms with E-state index in [0.29, 0.717) is 5.02 Å². The molecule has 2 N–H and O–H groups in total. The van der Waals surface area contributed by atoms with Gasteiger partial charge in [0.15, 0.2) is 0 Å². The molecule has 2 nitrogen and oxygen atoms in total. The van der Waals surface area contributed by atoms with Crippen LogP contribution in [0.3, 0.4) is 0 Å². The first kappa shape index (κ1) is 12.8. The second-order valence-electron chi connectivity index (χ2n) is 4.93. The molecule has 0 spiro atoms. The summed E-state index contributed by atoms with van der Waals surface area (Å²) in [5, 5.41) is 13.0. The van der Waals surface area contributed by atoms with Crippen molar-refractivity contribution in [2.75, 3.05) is 13.2 Å². The zero-order valence-corrected chi connectivity index (χ0v) is 10.6. The van der Waals surface area contributed by atoms with Crippen LogP contribution in [0.2, 0.25) is 5.02 Å². The van der Waals surface area contributed by atoms with Gasteiger partial charge in [0.05, 0.1) is 0 Å². The molecular weight excluding hydrogens is 241 g/mol. The van der Waals surface area contributed by atoms with Crippen molar-refractivity contribution in [2.24, 2.45) is 5.41 Å². The van der Waals surface area contributed by atoms with Crippen molar-refractivity contribution < 1.29 is 9.50 Å². The van der Waals surface area contributed by atoms with Gasteiger partial charge in [-0.05, 0) is 37.5 Å². The Morgan fingerprint density at radius 3 is 2.76 bits per heavy atom. The van der Waals surface area contributed by atoms with Crippen molar-refractivity contribution in [3.63, 3.8) is 0 Å². The first-order chi connectivity index (χ1) is 8.06. The number of hydrogen-bond donors (Lipinski definition) is 2. The van der Waals surface area contributed by atoms with E-state index >= 15 is 0 Å². The molecule has 0 radical (unpaired) electrons. The van der Waals surface area contributed by atoms with Crippen LogP contribution in [-0.2, 0) is 0 Å². The first-order valence-electron chi connectivity index (χ1n) is 5.85. The Bertz CT molecular complexity index is 406. The summed E-state index contributed by atoms with van der Waals surface area (Å²) in [4.78, 5) is 0. The summed E-state index contributed by atoms with van der Waals surface area (Å²) in [6.07, 6.45) is 2.14. The van der Waals surface area contributed by atoms with Gasteiger partial charge in [-0.3, -0.25) is 0 Å². The normalized spacial score (nSPS) is 19.1. The predicted molar refractivity (Wildman–Crippen MR) is 66.6 cm³/mol. The highest BCUT2D eigenvalue weighted by Gasteiger charge is 2.41. The summed E-state index contributed by atoms with van der Waals surface area (Å²) in [5.74, 6) is -0.319. The van der Waals surface area contributed by atoms with Gasteiger partial charge in [-0.1, -0.05) is 17.7 Å². The van der Waals surface area contributed by atoms with Crippen LogP contribution in [0.1, 0.15) is 31.4 Å². The van der Waals surface area contributed by atoms with Crippen molar-refractivity contribution in [3.8, 4) is 0 Å². The number of aliphatic hydroxyl groups excluding tert-OH is 1. The highest BCUT2D eigenvalue weighted by molar-refractivity contribution is 6.31. The van der Waals surface area contributed by atoms with Gasteiger partial charge in [-0.2, -0.15) is 0 Å². The lowest BCUT2D eigenvalue weighted by Crippen LogP contribution is -2.29. The Hall–Kier alpha value is -0.640.